The Balaban J connectivity index is 2.09. The number of rotatable bonds is 5. The number of alkyl halides is 1. The Hall–Kier alpha value is -1.19. The van der Waals surface area contributed by atoms with Crippen LogP contribution in [0, 0.1) is 6.92 Å². The van der Waals surface area contributed by atoms with Crippen LogP contribution in [-0.2, 0) is 19.0 Å². The Morgan fingerprint density at radius 2 is 1.95 bits per heavy atom. The average molecular weight is 298 g/mol. The Kier molecular flexibility index (Phi) is 4.72. The fourth-order valence-electron chi connectivity index (χ4n) is 1.94. The number of nitrogens with one attached hydrogen (secondary N) is 1. The van der Waals surface area contributed by atoms with Gasteiger partial charge in [0.15, 0.2) is 0 Å². The van der Waals surface area contributed by atoms with Crippen molar-refractivity contribution in [2.24, 2.45) is 0 Å². The molecule has 0 unspecified atom stereocenters. The fraction of sp³-hybridized carbons (Fsp3) is 0.357. The van der Waals surface area contributed by atoms with Crippen LogP contribution in [0.1, 0.15) is 23.9 Å². The van der Waals surface area contributed by atoms with Crippen molar-refractivity contribution >= 4 is 28.9 Å². The summed E-state index contributed by atoms with van der Waals surface area (Å²) in [5.41, 5.74) is 4.05. The van der Waals surface area contributed by atoms with Gasteiger partial charge in [-0.25, -0.2) is 0 Å². The third kappa shape index (κ3) is 3.23. The van der Waals surface area contributed by atoms with Crippen molar-refractivity contribution < 1.29 is 0 Å². The highest BCUT2D eigenvalue weighted by Crippen LogP contribution is 2.21. The van der Waals surface area contributed by atoms with Crippen molar-refractivity contribution in [3.05, 3.63) is 46.2 Å². The molecule has 3 nitrogen and oxygen atoms in total. The van der Waals surface area contributed by atoms with E-state index in [1.165, 1.54) is 0 Å². The van der Waals surface area contributed by atoms with E-state index in [1.54, 1.807) is 0 Å². The lowest BCUT2D eigenvalue weighted by molar-refractivity contribution is 0.623. The molecule has 2 aromatic rings. The summed E-state index contributed by atoms with van der Waals surface area (Å²) in [5, 5.41) is 8.49. The van der Waals surface area contributed by atoms with Gasteiger partial charge in [0.05, 0.1) is 23.0 Å². The van der Waals surface area contributed by atoms with Crippen LogP contribution in [0.2, 0.25) is 5.02 Å². The molecule has 5 heteroatoms. The SMILES string of the molecule is CCn1nc(C)c(Cl)c1CNc1ccc(CCl)cc1. The third-order valence-electron chi connectivity index (χ3n) is 3.02. The maximum atomic E-state index is 6.27. The minimum atomic E-state index is 0.536. The van der Waals surface area contributed by atoms with Gasteiger partial charge in [0.2, 0.25) is 0 Å². The normalized spacial score (nSPS) is 10.7. The summed E-state index contributed by atoms with van der Waals surface area (Å²) in [7, 11) is 0. The molecule has 0 aliphatic rings. The van der Waals surface area contributed by atoms with E-state index in [2.05, 4.69) is 17.3 Å². The van der Waals surface area contributed by atoms with Gasteiger partial charge in [0.1, 0.15) is 0 Å². The van der Waals surface area contributed by atoms with E-state index < -0.39 is 0 Å². The molecule has 0 atom stereocenters. The highest BCUT2D eigenvalue weighted by atomic mass is 35.5. The number of nitrogens with zero attached hydrogens (tertiary/aromatic N) is 2. The van der Waals surface area contributed by atoms with Crippen LogP contribution < -0.4 is 5.32 Å². The van der Waals surface area contributed by atoms with Crippen LogP contribution in [-0.4, -0.2) is 9.78 Å². The van der Waals surface area contributed by atoms with Crippen LogP contribution in [0.15, 0.2) is 24.3 Å². The Morgan fingerprint density at radius 3 is 2.53 bits per heavy atom. The van der Waals surface area contributed by atoms with E-state index in [0.717, 1.165) is 34.2 Å². The van der Waals surface area contributed by atoms with E-state index in [0.29, 0.717) is 12.4 Å². The lowest BCUT2D eigenvalue weighted by atomic mass is 10.2. The fourth-order valence-corrected chi connectivity index (χ4v) is 2.32. The molecule has 0 bridgehead atoms. The van der Waals surface area contributed by atoms with Crippen molar-refractivity contribution in [1.29, 1.82) is 0 Å². The molecule has 1 aromatic heterocycles. The van der Waals surface area contributed by atoms with Crippen LogP contribution in [0.3, 0.4) is 0 Å². The molecule has 1 aromatic carbocycles. The predicted octanol–water partition coefficient (Wildman–Crippen LogP) is 4.22. The molecule has 2 rings (SSSR count). The number of halogens is 2. The first-order valence-electron chi connectivity index (χ1n) is 6.26. The van der Waals surface area contributed by atoms with Crippen molar-refractivity contribution in [2.45, 2.75) is 32.8 Å². The van der Waals surface area contributed by atoms with Gasteiger partial charge >= 0.3 is 0 Å². The zero-order chi connectivity index (χ0) is 13.8. The second kappa shape index (κ2) is 6.31. The molecule has 0 aliphatic carbocycles. The summed E-state index contributed by atoms with van der Waals surface area (Å²) >= 11 is 12.0. The largest absolute Gasteiger partial charge is 0.379 e. The second-order valence-electron chi connectivity index (χ2n) is 4.35. The van der Waals surface area contributed by atoms with Gasteiger partial charge in [0.25, 0.3) is 0 Å². The molecule has 0 saturated carbocycles. The minimum absolute atomic E-state index is 0.536. The van der Waals surface area contributed by atoms with Crippen LogP contribution >= 0.6 is 23.2 Å². The first-order valence-corrected chi connectivity index (χ1v) is 7.17. The molecule has 1 N–H and O–H groups in total. The molecule has 0 radical (unpaired) electrons. The molecule has 0 fully saturated rings. The van der Waals surface area contributed by atoms with Gasteiger partial charge < -0.3 is 5.32 Å². The summed E-state index contributed by atoms with van der Waals surface area (Å²) in [6, 6.07) is 8.06. The van der Waals surface area contributed by atoms with Gasteiger partial charge in [-0.2, -0.15) is 5.10 Å². The summed E-state index contributed by atoms with van der Waals surface area (Å²) < 4.78 is 1.93. The first kappa shape index (κ1) is 14.2. The monoisotopic (exact) mass is 297 g/mol. The van der Waals surface area contributed by atoms with Gasteiger partial charge in [-0.3, -0.25) is 4.68 Å². The molecule has 0 spiro atoms. The van der Waals surface area contributed by atoms with Crippen molar-refractivity contribution in [3.8, 4) is 0 Å². The first-order chi connectivity index (χ1) is 9.15. The Morgan fingerprint density at radius 1 is 1.26 bits per heavy atom. The Bertz CT molecular complexity index is 547. The number of aromatic nitrogens is 2. The topological polar surface area (TPSA) is 29.9 Å². The van der Waals surface area contributed by atoms with Gasteiger partial charge in [-0.1, -0.05) is 23.7 Å². The molecular formula is C14H17Cl2N3. The van der Waals surface area contributed by atoms with Gasteiger partial charge in [-0.05, 0) is 31.5 Å². The van der Waals surface area contributed by atoms with E-state index in [1.807, 2.05) is 35.9 Å². The molecule has 102 valence electrons. The zero-order valence-electron chi connectivity index (χ0n) is 11.1. The highest BCUT2D eigenvalue weighted by Gasteiger charge is 2.11. The molecule has 0 amide bonds. The van der Waals surface area contributed by atoms with Crippen LogP contribution in [0.4, 0.5) is 5.69 Å². The summed E-state index contributed by atoms with van der Waals surface area (Å²) in [6.45, 7) is 5.46. The smallest absolute Gasteiger partial charge is 0.0865 e. The van der Waals surface area contributed by atoms with E-state index in [4.69, 9.17) is 23.2 Å². The summed E-state index contributed by atoms with van der Waals surface area (Å²) in [5.74, 6) is 0.536. The minimum Gasteiger partial charge on any atom is -0.379 e. The van der Waals surface area contributed by atoms with Crippen molar-refractivity contribution in [2.75, 3.05) is 5.32 Å². The number of anilines is 1. The molecule has 1 heterocycles. The molecule has 0 saturated heterocycles. The summed E-state index contributed by atoms with van der Waals surface area (Å²) in [4.78, 5) is 0. The maximum absolute atomic E-state index is 6.27. The van der Waals surface area contributed by atoms with E-state index >= 15 is 0 Å². The number of hydrogen-bond acceptors (Lipinski definition) is 2. The molecule has 0 aliphatic heterocycles. The quantitative estimate of drug-likeness (QED) is 0.838. The van der Waals surface area contributed by atoms with E-state index in [-0.39, 0.29) is 0 Å². The number of aryl methyl sites for hydroxylation is 2. The Labute approximate surface area is 123 Å². The third-order valence-corrected chi connectivity index (χ3v) is 3.82. The van der Waals surface area contributed by atoms with Crippen LogP contribution in [0.5, 0.6) is 0 Å². The zero-order valence-corrected chi connectivity index (χ0v) is 12.6. The maximum Gasteiger partial charge on any atom is 0.0865 e. The average Bonchev–Trinajstić information content (AvgIpc) is 2.72. The van der Waals surface area contributed by atoms with Crippen LogP contribution in [0.25, 0.3) is 0 Å². The molecular weight excluding hydrogens is 281 g/mol. The lowest BCUT2D eigenvalue weighted by Gasteiger charge is -2.09. The van der Waals surface area contributed by atoms with E-state index in [9.17, 15) is 0 Å². The summed E-state index contributed by atoms with van der Waals surface area (Å²) in [6.07, 6.45) is 0. The van der Waals surface area contributed by atoms with Crippen molar-refractivity contribution in [1.82, 2.24) is 9.78 Å². The molecule has 19 heavy (non-hydrogen) atoms. The van der Waals surface area contributed by atoms with Crippen molar-refractivity contribution in [3.63, 3.8) is 0 Å². The van der Waals surface area contributed by atoms with Gasteiger partial charge in [0, 0.05) is 18.1 Å². The number of benzene rings is 1. The standard InChI is InChI=1S/C14H17Cl2N3/c1-3-19-13(14(16)10(2)18-19)9-17-12-6-4-11(8-15)5-7-12/h4-7,17H,3,8-9H2,1-2H3. The highest BCUT2D eigenvalue weighted by molar-refractivity contribution is 6.31. The predicted molar refractivity (Wildman–Crippen MR) is 81.0 cm³/mol. The lowest BCUT2D eigenvalue weighted by Crippen LogP contribution is -2.08. The van der Waals surface area contributed by atoms with Gasteiger partial charge in [-0.15, -0.1) is 11.6 Å². The second-order valence-corrected chi connectivity index (χ2v) is 4.99. The number of hydrogen-bond donors (Lipinski definition) is 1.